The Morgan fingerprint density at radius 2 is 2.29 bits per heavy atom. The summed E-state index contributed by atoms with van der Waals surface area (Å²) in [6.07, 6.45) is 3.89. The summed E-state index contributed by atoms with van der Waals surface area (Å²) in [7, 11) is 0. The lowest BCUT2D eigenvalue weighted by Gasteiger charge is -1.72. The van der Waals surface area contributed by atoms with E-state index in [1.807, 2.05) is 6.08 Å². The molecule has 1 nitrogen and oxygen atoms in total. The summed E-state index contributed by atoms with van der Waals surface area (Å²) in [5.41, 5.74) is 0. The second-order valence-corrected chi connectivity index (χ2v) is 1.94. The van der Waals surface area contributed by atoms with E-state index < -0.39 is 0 Å². The van der Waals surface area contributed by atoms with Gasteiger partial charge in [0.15, 0.2) is 0 Å². The van der Waals surface area contributed by atoms with Crippen LogP contribution in [-0.2, 0) is 4.79 Å². The Bertz CT molecular complexity index is 84.4. The van der Waals surface area contributed by atoms with Gasteiger partial charge in [-0.25, -0.2) is 0 Å². The van der Waals surface area contributed by atoms with Crippen molar-refractivity contribution in [3.63, 3.8) is 0 Å². The van der Waals surface area contributed by atoms with E-state index in [0.717, 1.165) is 12.7 Å². The first-order valence-electron chi connectivity index (χ1n) is 2.46. The molecule has 7 heavy (non-hydrogen) atoms. The van der Waals surface area contributed by atoms with Gasteiger partial charge in [0.1, 0.15) is 6.29 Å². The van der Waals surface area contributed by atoms with Gasteiger partial charge in [-0.2, -0.15) is 0 Å². The molecule has 0 radical (unpaired) electrons. The monoisotopic (exact) mass is 96.1 g/mol. The zero-order valence-corrected chi connectivity index (χ0v) is 4.13. The van der Waals surface area contributed by atoms with Gasteiger partial charge >= 0.3 is 0 Å². The molecule has 0 aromatic rings. The van der Waals surface area contributed by atoms with Crippen LogP contribution in [0.4, 0.5) is 0 Å². The normalized spacial score (nSPS) is 37.1. The molecule has 1 saturated carbocycles. The zero-order chi connectivity index (χ0) is 5.28. The molecule has 1 fully saturated rings. The Labute approximate surface area is 43.0 Å². The molecule has 1 aliphatic carbocycles. The van der Waals surface area contributed by atoms with Gasteiger partial charge in [-0.05, 0) is 12.3 Å². The molecule has 0 heterocycles. The Morgan fingerprint density at radius 3 is 2.43 bits per heavy atom. The number of rotatable bonds is 2. The highest BCUT2D eigenvalue weighted by Crippen LogP contribution is 2.36. The van der Waals surface area contributed by atoms with Crippen molar-refractivity contribution in [3.05, 3.63) is 12.7 Å². The van der Waals surface area contributed by atoms with Crippen LogP contribution in [0.1, 0.15) is 6.42 Å². The lowest BCUT2D eigenvalue weighted by atomic mass is 10.3. The van der Waals surface area contributed by atoms with Gasteiger partial charge in [-0.3, -0.25) is 0 Å². The molecule has 0 aromatic heterocycles. The minimum Gasteiger partial charge on any atom is -0.303 e. The fourth-order valence-corrected chi connectivity index (χ4v) is 0.663. The van der Waals surface area contributed by atoms with Gasteiger partial charge in [0.2, 0.25) is 0 Å². The van der Waals surface area contributed by atoms with E-state index in [2.05, 4.69) is 6.58 Å². The molecule has 2 atom stereocenters. The van der Waals surface area contributed by atoms with E-state index in [0.29, 0.717) is 11.8 Å². The Balaban J connectivity index is 2.30. The Kier molecular flexibility index (Phi) is 0.970. The third-order valence-electron chi connectivity index (χ3n) is 1.37. The van der Waals surface area contributed by atoms with E-state index in [9.17, 15) is 4.79 Å². The van der Waals surface area contributed by atoms with Crippen LogP contribution in [-0.4, -0.2) is 6.29 Å². The van der Waals surface area contributed by atoms with Crippen LogP contribution in [0.2, 0.25) is 0 Å². The molecule has 0 saturated heterocycles. The molecular weight excluding hydrogens is 88.1 g/mol. The predicted molar refractivity (Wildman–Crippen MR) is 27.9 cm³/mol. The number of carbonyl (C=O) groups is 1. The molecule has 0 aromatic carbocycles. The van der Waals surface area contributed by atoms with Crippen LogP contribution in [0.15, 0.2) is 12.7 Å². The highest BCUT2D eigenvalue weighted by atomic mass is 16.1. The van der Waals surface area contributed by atoms with Crippen molar-refractivity contribution in [1.29, 1.82) is 0 Å². The van der Waals surface area contributed by atoms with Gasteiger partial charge in [0.05, 0.1) is 0 Å². The number of allylic oxidation sites excluding steroid dienone is 1. The second-order valence-electron chi connectivity index (χ2n) is 1.94. The maximum atomic E-state index is 9.89. The lowest BCUT2D eigenvalue weighted by molar-refractivity contribution is -0.109. The fraction of sp³-hybridized carbons (Fsp3) is 0.500. The van der Waals surface area contributed by atoms with Gasteiger partial charge in [-0.15, -0.1) is 6.58 Å². The maximum Gasteiger partial charge on any atom is 0.123 e. The van der Waals surface area contributed by atoms with E-state index in [1.54, 1.807) is 0 Å². The van der Waals surface area contributed by atoms with Crippen LogP contribution >= 0.6 is 0 Å². The summed E-state index contributed by atoms with van der Waals surface area (Å²) in [4.78, 5) is 9.89. The number of hydrogen-bond acceptors (Lipinski definition) is 1. The molecule has 0 aliphatic heterocycles. The van der Waals surface area contributed by atoms with Crippen LogP contribution in [0, 0.1) is 11.8 Å². The molecule has 0 amide bonds. The number of carbonyl (C=O) groups excluding carboxylic acids is 1. The van der Waals surface area contributed by atoms with Crippen molar-refractivity contribution in [2.24, 2.45) is 11.8 Å². The van der Waals surface area contributed by atoms with Crippen molar-refractivity contribution in [2.75, 3.05) is 0 Å². The van der Waals surface area contributed by atoms with Crippen LogP contribution in [0.3, 0.4) is 0 Å². The third kappa shape index (κ3) is 0.710. The molecule has 0 unspecified atom stereocenters. The van der Waals surface area contributed by atoms with Gasteiger partial charge in [0.25, 0.3) is 0 Å². The Morgan fingerprint density at radius 1 is 1.57 bits per heavy atom. The summed E-state index contributed by atoms with van der Waals surface area (Å²) >= 11 is 0. The highest BCUT2D eigenvalue weighted by Gasteiger charge is 2.33. The second kappa shape index (κ2) is 1.49. The quantitative estimate of drug-likeness (QED) is 0.370. The predicted octanol–water partition coefficient (Wildman–Crippen LogP) is 1.01. The van der Waals surface area contributed by atoms with E-state index in [4.69, 9.17) is 0 Å². The molecular formula is C6H8O. The zero-order valence-electron chi connectivity index (χ0n) is 4.13. The largest absolute Gasteiger partial charge is 0.303 e. The van der Waals surface area contributed by atoms with Gasteiger partial charge in [0, 0.05) is 5.92 Å². The summed E-state index contributed by atoms with van der Waals surface area (Å²) in [5, 5.41) is 0. The number of aldehydes is 1. The summed E-state index contributed by atoms with van der Waals surface area (Å²) < 4.78 is 0. The molecule has 38 valence electrons. The summed E-state index contributed by atoms with van der Waals surface area (Å²) in [6, 6.07) is 0. The first kappa shape index (κ1) is 4.57. The van der Waals surface area contributed by atoms with Crippen molar-refractivity contribution in [1.82, 2.24) is 0 Å². The van der Waals surface area contributed by atoms with Crippen LogP contribution < -0.4 is 0 Å². The molecule has 1 aliphatic rings. The SMILES string of the molecule is C=C[C@H]1C[C@H]1C=O. The summed E-state index contributed by atoms with van der Waals surface area (Å²) in [6.45, 7) is 3.56. The smallest absolute Gasteiger partial charge is 0.123 e. The van der Waals surface area contributed by atoms with Crippen molar-refractivity contribution in [2.45, 2.75) is 6.42 Å². The molecule has 0 N–H and O–H groups in total. The third-order valence-corrected chi connectivity index (χ3v) is 1.37. The highest BCUT2D eigenvalue weighted by molar-refractivity contribution is 5.58. The molecule has 0 bridgehead atoms. The van der Waals surface area contributed by atoms with E-state index in [-0.39, 0.29) is 0 Å². The van der Waals surface area contributed by atoms with E-state index >= 15 is 0 Å². The first-order chi connectivity index (χ1) is 3.38. The summed E-state index contributed by atoms with van der Waals surface area (Å²) in [5.74, 6) is 0.829. The minimum absolute atomic E-state index is 0.317. The van der Waals surface area contributed by atoms with Gasteiger partial charge in [-0.1, -0.05) is 6.08 Å². The van der Waals surface area contributed by atoms with Crippen molar-refractivity contribution < 1.29 is 4.79 Å². The minimum atomic E-state index is 0.317. The lowest BCUT2D eigenvalue weighted by Crippen LogP contribution is -1.75. The first-order valence-corrected chi connectivity index (χ1v) is 2.46. The average Bonchev–Trinajstić information content (AvgIpc) is 2.43. The van der Waals surface area contributed by atoms with Crippen LogP contribution in [0.5, 0.6) is 0 Å². The molecule has 1 rings (SSSR count). The molecule has 0 spiro atoms. The number of hydrogen-bond donors (Lipinski definition) is 0. The van der Waals surface area contributed by atoms with Crippen LogP contribution in [0.25, 0.3) is 0 Å². The fourth-order valence-electron chi connectivity index (χ4n) is 0.663. The van der Waals surface area contributed by atoms with Gasteiger partial charge < -0.3 is 4.79 Å². The standard InChI is InChI=1S/C6H8O/c1-2-5-3-6(5)4-7/h2,4-6H,1,3H2/t5-,6-/m0/s1. The Hall–Kier alpha value is -0.590. The topological polar surface area (TPSA) is 17.1 Å². The van der Waals surface area contributed by atoms with Crippen molar-refractivity contribution in [3.8, 4) is 0 Å². The average molecular weight is 96.1 g/mol. The van der Waals surface area contributed by atoms with Crippen molar-refractivity contribution >= 4 is 6.29 Å². The maximum absolute atomic E-state index is 9.89. The van der Waals surface area contributed by atoms with E-state index in [1.165, 1.54) is 0 Å². The molecule has 1 heteroatoms.